The molecule has 2 aromatic carbocycles. The first-order valence-electron chi connectivity index (χ1n) is 9.72. The smallest absolute Gasteiger partial charge is 0.338 e. The number of ether oxygens (including phenoxy) is 3. The van der Waals surface area contributed by atoms with Crippen LogP contribution in [0.2, 0.25) is 0 Å². The third kappa shape index (κ3) is 6.59. The zero-order valence-electron chi connectivity index (χ0n) is 17.5. The summed E-state index contributed by atoms with van der Waals surface area (Å²) in [6.07, 6.45) is 1.46. The molecule has 31 heavy (non-hydrogen) atoms. The highest BCUT2D eigenvalue weighted by Crippen LogP contribution is 2.35. The maximum Gasteiger partial charge on any atom is 0.338 e. The molecule has 0 aliphatic rings. The topological polar surface area (TPSA) is 97.7 Å². The van der Waals surface area contributed by atoms with Crippen LogP contribution in [0.5, 0.6) is 11.5 Å². The molecule has 2 aromatic rings. The molecule has 1 amide bonds. The van der Waals surface area contributed by atoms with Crippen molar-refractivity contribution in [2.24, 2.45) is 0 Å². The fraction of sp³-hybridized carbons (Fsp3) is 0.261. The van der Waals surface area contributed by atoms with Gasteiger partial charge in [0.25, 0.3) is 5.91 Å². The maximum atomic E-state index is 12.6. The minimum atomic E-state index is -0.579. The molecule has 0 bridgehead atoms. The van der Waals surface area contributed by atoms with Crippen molar-refractivity contribution in [2.75, 3.05) is 25.1 Å². The van der Waals surface area contributed by atoms with Crippen LogP contribution >= 0.6 is 15.9 Å². The third-order valence-electron chi connectivity index (χ3n) is 3.98. The molecule has 1 N–H and O–H groups in total. The lowest BCUT2D eigenvalue weighted by molar-refractivity contribution is -0.112. The molecule has 0 saturated carbocycles. The van der Waals surface area contributed by atoms with Crippen LogP contribution < -0.4 is 14.8 Å². The van der Waals surface area contributed by atoms with E-state index in [2.05, 4.69) is 21.2 Å². The summed E-state index contributed by atoms with van der Waals surface area (Å²) in [5.74, 6) is 0.0673. The van der Waals surface area contributed by atoms with Gasteiger partial charge in [-0.25, -0.2) is 4.79 Å². The molecule has 0 radical (unpaired) electrons. The zero-order valence-corrected chi connectivity index (χ0v) is 19.1. The summed E-state index contributed by atoms with van der Waals surface area (Å²) in [4.78, 5) is 24.3. The number of hydrogen-bond donors (Lipinski definition) is 1. The Bertz CT molecular complexity index is 1010. The Morgan fingerprint density at radius 2 is 1.65 bits per heavy atom. The van der Waals surface area contributed by atoms with Gasteiger partial charge in [0.1, 0.15) is 11.6 Å². The fourth-order valence-corrected chi connectivity index (χ4v) is 3.04. The minimum absolute atomic E-state index is 0.0956. The van der Waals surface area contributed by atoms with E-state index >= 15 is 0 Å². The second-order valence-corrected chi connectivity index (χ2v) is 6.96. The number of nitriles is 1. The summed E-state index contributed by atoms with van der Waals surface area (Å²) in [7, 11) is 0. The van der Waals surface area contributed by atoms with Crippen molar-refractivity contribution in [3.05, 3.63) is 57.6 Å². The van der Waals surface area contributed by atoms with Crippen molar-refractivity contribution in [3.8, 4) is 17.6 Å². The van der Waals surface area contributed by atoms with Gasteiger partial charge in [0.2, 0.25) is 0 Å². The molecule has 0 aliphatic heterocycles. The molecule has 0 aliphatic carbocycles. The molecule has 7 nitrogen and oxygen atoms in total. The predicted molar refractivity (Wildman–Crippen MR) is 121 cm³/mol. The van der Waals surface area contributed by atoms with Crippen LogP contribution in [0.15, 0.2) is 46.4 Å². The molecule has 0 heterocycles. The normalized spacial score (nSPS) is 10.7. The first-order chi connectivity index (χ1) is 14.9. The number of anilines is 1. The molecule has 0 unspecified atom stereocenters. The third-order valence-corrected chi connectivity index (χ3v) is 4.67. The number of halogens is 1. The average molecular weight is 487 g/mol. The molecule has 2 rings (SSSR count). The summed E-state index contributed by atoms with van der Waals surface area (Å²) < 4.78 is 16.8. The van der Waals surface area contributed by atoms with Gasteiger partial charge in [-0.05, 0) is 68.8 Å². The maximum absolute atomic E-state index is 12.6. The average Bonchev–Trinajstić information content (AvgIpc) is 2.75. The minimum Gasteiger partial charge on any atom is -0.490 e. The van der Waals surface area contributed by atoms with E-state index in [9.17, 15) is 14.9 Å². The van der Waals surface area contributed by atoms with Crippen molar-refractivity contribution < 1.29 is 23.8 Å². The molecular formula is C23H23BrN2O5. The molecule has 0 saturated heterocycles. The van der Waals surface area contributed by atoms with Crippen LogP contribution in [0.25, 0.3) is 6.08 Å². The van der Waals surface area contributed by atoms with Crippen molar-refractivity contribution in [1.29, 1.82) is 5.26 Å². The predicted octanol–water partition coefficient (Wildman–Crippen LogP) is 4.97. The number of rotatable bonds is 9. The van der Waals surface area contributed by atoms with Crippen molar-refractivity contribution in [3.63, 3.8) is 0 Å². The SMILES string of the molecule is CCOC(=O)c1ccc(NC(=O)/C(C#N)=C/c2cc(OCC)c(OCC)cc2Br)cc1. The lowest BCUT2D eigenvalue weighted by atomic mass is 10.1. The Kier molecular flexibility index (Phi) is 9.10. The van der Waals surface area contributed by atoms with Gasteiger partial charge in [-0.3, -0.25) is 4.79 Å². The Morgan fingerprint density at radius 1 is 1.03 bits per heavy atom. The van der Waals surface area contributed by atoms with Gasteiger partial charge in [0.05, 0.1) is 25.4 Å². The van der Waals surface area contributed by atoms with Crippen LogP contribution in [-0.4, -0.2) is 31.7 Å². The first kappa shape index (κ1) is 24.0. The first-order valence-corrected chi connectivity index (χ1v) is 10.5. The lowest BCUT2D eigenvalue weighted by Crippen LogP contribution is -2.13. The largest absolute Gasteiger partial charge is 0.490 e. The van der Waals surface area contributed by atoms with E-state index in [1.807, 2.05) is 19.9 Å². The quantitative estimate of drug-likeness (QED) is 0.305. The van der Waals surface area contributed by atoms with E-state index in [4.69, 9.17) is 14.2 Å². The lowest BCUT2D eigenvalue weighted by Gasteiger charge is -2.13. The monoisotopic (exact) mass is 486 g/mol. The van der Waals surface area contributed by atoms with Crippen LogP contribution in [0.1, 0.15) is 36.7 Å². The van der Waals surface area contributed by atoms with Gasteiger partial charge >= 0.3 is 5.97 Å². The Hall–Kier alpha value is -3.31. The van der Waals surface area contributed by atoms with Crippen molar-refractivity contribution in [2.45, 2.75) is 20.8 Å². The van der Waals surface area contributed by atoms with E-state index in [0.717, 1.165) is 0 Å². The molecule has 0 atom stereocenters. The van der Waals surface area contributed by atoms with Gasteiger partial charge in [0, 0.05) is 10.2 Å². The summed E-state index contributed by atoms with van der Waals surface area (Å²) in [6, 6.07) is 11.6. The van der Waals surface area contributed by atoms with Crippen molar-refractivity contribution >= 4 is 39.6 Å². The fourth-order valence-electron chi connectivity index (χ4n) is 2.60. The van der Waals surface area contributed by atoms with E-state index in [1.165, 1.54) is 6.08 Å². The Balaban J connectivity index is 2.25. The van der Waals surface area contributed by atoms with Crippen LogP contribution in [0.4, 0.5) is 5.69 Å². The number of nitrogens with zero attached hydrogens (tertiary/aromatic N) is 1. The molecule has 162 valence electrons. The molecule has 0 spiro atoms. The van der Waals surface area contributed by atoms with E-state index in [-0.39, 0.29) is 12.2 Å². The second kappa shape index (κ2) is 11.8. The number of nitrogens with one attached hydrogen (secondary N) is 1. The van der Waals surface area contributed by atoms with E-state index < -0.39 is 11.9 Å². The summed E-state index contributed by atoms with van der Waals surface area (Å²) in [5.41, 5.74) is 1.32. The van der Waals surface area contributed by atoms with Gasteiger partial charge in [-0.1, -0.05) is 15.9 Å². The summed E-state index contributed by atoms with van der Waals surface area (Å²) in [5, 5.41) is 12.2. The van der Waals surface area contributed by atoms with Crippen LogP contribution in [-0.2, 0) is 9.53 Å². The molecular weight excluding hydrogens is 464 g/mol. The number of carbonyl (C=O) groups is 2. The number of carbonyl (C=O) groups excluding carboxylic acids is 2. The van der Waals surface area contributed by atoms with Crippen molar-refractivity contribution in [1.82, 2.24) is 0 Å². The highest BCUT2D eigenvalue weighted by atomic mass is 79.9. The molecule has 0 fully saturated rings. The summed E-state index contributed by atoms with van der Waals surface area (Å²) in [6.45, 7) is 6.65. The van der Waals surface area contributed by atoms with Gasteiger partial charge in [-0.15, -0.1) is 0 Å². The van der Waals surface area contributed by atoms with Gasteiger partial charge < -0.3 is 19.5 Å². The second-order valence-electron chi connectivity index (χ2n) is 6.11. The standard InChI is InChI=1S/C23H23BrN2O5/c1-4-29-20-12-16(19(24)13-21(20)30-5-2)11-17(14-25)22(27)26-18-9-7-15(8-10-18)23(28)31-6-3/h7-13H,4-6H2,1-3H3,(H,26,27)/b17-11+. The Labute approximate surface area is 189 Å². The summed E-state index contributed by atoms with van der Waals surface area (Å²) >= 11 is 3.45. The number of benzene rings is 2. The Morgan fingerprint density at radius 3 is 2.19 bits per heavy atom. The molecule has 0 aromatic heterocycles. The molecule has 8 heteroatoms. The van der Waals surface area contributed by atoms with E-state index in [0.29, 0.717) is 46.0 Å². The number of amides is 1. The van der Waals surface area contributed by atoms with E-state index in [1.54, 1.807) is 43.3 Å². The zero-order chi connectivity index (χ0) is 22.8. The highest BCUT2D eigenvalue weighted by Gasteiger charge is 2.14. The van der Waals surface area contributed by atoms with Gasteiger partial charge in [-0.2, -0.15) is 5.26 Å². The van der Waals surface area contributed by atoms with Crippen LogP contribution in [0.3, 0.4) is 0 Å². The highest BCUT2D eigenvalue weighted by molar-refractivity contribution is 9.10. The number of hydrogen-bond acceptors (Lipinski definition) is 6. The van der Waals surface area contributed by atoms with Gasteiger partial charge in [0.15, 0.2) is 11.5 Å². The number of esters is 1. The van der Waals surface area contributed by atoms with Crippen LogP contribution in [0, 0.1) is 11.3 Å².